The van der Waals surface area contributed by atoms with Gasteiger partial charge < -0.3 is 14.6 Å². The maximum Gasteiger partial charge on any atom is 0.328 e. The second-order valence-corrected chi connectivity index (χ2v) is 4.37. The molecular formula is C14H15N3O5. The lowest BCUT2D eigenvalue weighted by molar-refractivity contribution is 0.395. The van der Waals surface area contributed by atoms with E-state index in [1.165, 1.54) is 21.1 Å². The lowest BCUT2D eigenvalue weighted by Crippen LogP contribution is -2.27. The summed E-state index contributed by atoms with van der Waals surface area (Å²) in [5, 5.41) is 9.72. The summed E-state index contributed by atoms with van der Waals surface area (Å²) in [4.78, 5) is 31.3. The van der Waals surface area contributed by atoms with Crippen LogP contribution in [0.2, 0.25) is 0 Å². The molecule has 22 heavy (non-hydrogen) atoms. The third kappa shape index (κ3) is 3.00. The molecule has 0 saturated heterocycles. The molecule has 0 bridgehead atoms. The summed E-state index contributed by atoms with van der Waals surface area (Å²) in [6.45, 7) is 1.53. The van der Waals surface area contributed by atoms with Gasteiger partial charge >= 0.3 is 5.69 Å². The molecule has 8 heteroatoms. The minimum atomic E-state index is -0.791. The van der Waals surface area contributed by atoms with E-state index in [1.54, 1.807) is 18.2 Å². The quantitative estimate of drug-likeness (QED) is 0.726. The summed E-state index contributed by atoms with van der Waals surface area (Å²) in [7, 11) is 3.01. The van der Waals surface area contributed by atoms with Crippen LogP contribution in [0, 0.1) is 0 Å². The zero-order valence-electron chi connectivity index (χ0n) is 12.3. The van der Waals surface area contributed by atoms with Crippen molar-refractivity contribution < 1.29 is 14.6 Å². The Balaban J connectivity index is 2.54. The van der Waals surface area contributed by atoms with E-state index in [4.69, 9.17) is 9.47 Å². The smallest absolute Gasteiger partial charge is 0.328 e. The monoisotopic (exact) mass is 305 g/mol. The van der Waals surface area contributed by atoms with Crippen LogP contribution in [-0.2, 0) is 0 Å². The van der Waals surface area contributed by atoms with Crippen LogP contribution in [0.3, 0.4) is 0 Å². The molecule has 0 spiro atoms. The number of methoxy groups -OCH3 is 2. The van der Waals surface area contributed by atoms with Gasteiger partial charge in [-0.3, -0.25) is 14.8 Å². The summed E-state index contributed by atoms with van der Waals surface area (Å²) >= 11 is 0. The van der Waals surface area contributed by atoms with Crippen molar-refractivity contribution in [2.45, 2.75) is 6.92 Å². The molecule has 3 N–H and O–H groups in total. The Morgan fingerprint density at radius 1 is 1.18 bits per heavy atom. The highest BCUT2D eigenvalue weighted by atomic mass is 16.5. The lowest BCUT2D eigenvalue weighted by Gasteiger charge is -2.08. The van der Waals surface area contributed by atoms with Gasteiger partial charge in [0.15, 0.2) is 0 Å². The van der Waals surface area contributed by atoms with Gasteiger partial charge in [-0.1, -0.05) is 0 Å². The Labute approximate surface area is 125 Å². The largest absolute Gasteiger partial charge is 0.497 e. The second-order valence-electron chi connectivity index (χ2n) is 4.37. The fraction of sp³-hybridized carbons (Fsp3) is 0.214. The molecular weight excluding hydrogens is 290 g/mol. The van der Waals surface area contributed by atoms with E-state index in [-0.39, 0.29) is 11.3 Å². The standard InChI is InChI=1S/C14H15N3O5/c1-7(11-12(18)16-14(20)17-13(11)19)15-9-5-4-8(21-2)6-10(9)22-3/h4-6H,1-3H3,(H3,16,17,18,19,20). The highest BCUT2D eigenvalue weighted by Crippen LogP contribution is 2.32. The maximum atomic E-state index is 11.8. The number of nitrogens with one attached hydrogen (secondary N) is 2. The van der Waals surface area contributed by atoms with Crippen LogP contribution in [0.1, 0.15) is 12.5 Å². The Kier molecular flexibility index (Phi) is 4.31. The van der Waals surface area contributed by atoms with Gasteiger partial charge in [0.25, 0.3) is 5.56 Å². The number of hydrogen-bond donors (Lipinski definition) is 3. The van der Waals surface area contributed by atoms with Gasteiger partial charge in [-0.15, -0.1) is 0 Å². The third-order valence-corrected chi connectivity index (χ3v) is 2.96. The predicted octanol–water partition coefficient (Wildman–Crippen LogP) is 0.927. The van der Waals surface area contributed by atoms with Gasteiger partial charge in [0, 0.05) is 6.07 Å². The molecule has 0 aliphatic heterocycles. The first-order valence-corrected chi connectivity index (χ1v) is 6.29. The summed E-state index contributed by atoms with van der Waals surface area (Å²) in [5.41, 5.74) is -0.960. The molecule has 0 fully saturated rings. The summed E-state index contributed by atoms with van der Waals surface area (Å²) < 4.78 is 10.3. The van der Waals surface area contributed by atoms with Crippen molar-refractivity contribution in [3.8, 4) is 17.4 Å². The Morgan fingerprint density at radius 3 is 2.50 bits per heavy atom. The minimum Gasteiger partial charge on any atom is -0.497 e. The van der Waals surface area contributed by atoms with Gasteiger partial charge in [0.05, 0.1) is 19.9 Å². The zero-order valence-corrected chi connectivity index (χ0v) is 12.3. The Hall–Kier alpha value is -3.03. The van der Waals surface area contributed by atoms with Crippen molar-refractivity contribution in [3.05, 3.63) is 44.6 Å². The first-order chi connectivity index (χ1) is 10.5. The van der Waals surface area contributed by atoms with E-state index in [2.05, 4.69) is 9.98 Å². The fourth-order valence-corrected chi connectivity index (χ4v) is 1.92. The average molecular weight is 305 g/mol. The average Bonchev–Trinajstić information content (AvgIpc) is 2.46. The van der Waals surface area contributed by atoms with Crippen molar-refractivity contribution in [1.82, 2.24) is 9.97 Å². The molecule has 8 nitrogen and oxygen atoms in total. The molecule has 0 amide bonds. The van der Waals surface area contributed by atoms with Crippen LogP contribution in [0.15, 0.2) is 32.8 Å². The topological polar surface area (TPSA) is 117 Å². The number of benzene rings is 1. The molecule has 0 aliphatic carbocycles. The number of aromatic amines is 2. The molecule has 0 saturated carbocycles. The fourth-order valence-electron chi connectivity index (χ4n) is 1.92. The Bertz CT molecular complexity index is 835. The molecule has 2 rings (SSSR count). The lowest BCUT2D eigenvalue weighted by atomic mass is 10.2. The molecule has 2 aromatic rings. The van der Waals surface area contributed by atoms with E-state index < -0.39 is 17.1 Å². The predicted molar refractivity (Wildman–Crippen MR) is 80.8 cm³/mol. The van der Waals surface area contributed by atoms with Crippen LogP contribution in [0.5, 0.6) is 17.4 Å². The van der Waals surface area contributed by atoms with E-state index in [0.29, 0.717) is 17.2 Å². The normalized spacial score (nSPS) is 11.3. The van der Waals surface area contributed by atoms with Gasteiger partial charge in [-0.25, -0.2) is 9.79 Å². The van der Waals surface area contributed by atoms with Crippen molar-refractivity contribution >= 4 is 11.4 Å². The van der Waals surface area contributed by atoms with E-state index in [9.17, 15) is 14.7 Å². The third-order valence-electron chi connectivity index (χ3n) is 2.96. The number of H-pyrrole nitrogens is 2. The second kappa shape index (κ2) is 6.17. The van der Waals surface area contributed by atoms with Gasteiger partial charge in [0.1, 0.15) is 22.7 Å². The van der Waals surface area contributed by atoms with Crippen molar-refractivity contribution in [2.24, 2.45) is 4.99 Å². The number of nitrogens with zero attached hydrogens (tertiary/aromatic N) is 1. The van der Waals surface area contributed by atoms with E-state index in [0.717, 1.165) is 0 Å². The molecule has 0 radical (unpaired) electrons. The summed E-state index contributed by atoms with van der Waals surface area (Å²) in [6.07, 6.45) is 0. The van der Waals surface area contributed by atoms with Crippen LogP contribution >= 0.6 is 0 Å². The highest BCUT2D eigenvalue weighted by Gasteiger charge is 2.13. The summed E-state index contributed by atoms with van der Waals surface area (Å²) in [6, 6.07) is 4.98. The van der Waals surface area contributed by atoms with E-state index >= 15 is 0 Å². The van der Waals surface area contributed by atoms with Crippen LogP contribution in [0.4, 0.5) is 5.69 Å². The first-order valence-electron chi connectivity index (χ1n) is 6.29. The first kappa shape index (κ1) is 15.4. The van der Waals surface area contributed by atoms with Crippen molar-refractivity contribution in [3.63, 3.8) is 0 Å². The molecule has 0 aliphatic rings. The van der Waals surface area contributed by atoms with Crippen molar-refractivity contribution in [1.29, 1.82) is 0 Å². The number of aromatic nitrogens is 2. The SMILES string of the molecule is COc1ccc(N=C(C)c2c(O)[nH]c(=O)[nH]c2=O)c(OC)c1. The number of aromatic hydroxyl groups is 1. The molecule has 0 unspecified atom stereocenters. The number of rotatable bonds is 4. The molecule has 1 aromatic heterocycles. The molecule has 1 aromatic carbocycles. The van der Waals surface area contributed by atoms with Gasteiger partial charge in [-0.05, 0) is 19.1 Å². The van der Waals surface area contributed by atoms with Gasteiger partial charge in [-0.2, -0.15) is 0 Å². The number of hydrogen-bond acceptors (Lipinski definition) is 6. The van der Waals surface area contributed by atoms with Crippen molar-refractivity contribution in [2.75, 3.05) is 14.2 Å². The summed E-state index contributed by atoms with van der Waals surface area (Å²) in [5.74, 6) is 0.500. The van der Waals surface area contributed by atoms with Crippen LogP contribution < -0.4 is 20.7 Å². The molecule has 1 heterocycles. The Morgan fingerprint density at radius 2 is 1.91 bits per heavy atom. The van der Waals surface area contributed by atoms with Gasteiger partial charge in [0.2, 0.25) is 5.88 Å². The zero-order chi connectivity index (χ0) is 16.3. The molecule has 116 valence electrons. The highest BCUT2D eigenvalue weighted by molar-refractivity contribution is 6.01. The minimum absolute atomic E-state index is 0.113. The van der Waals surface area contributed by atoms with Crippen LogP contribution in [0.25, 0.3) is 0 Å². The number of ether oxygens (including phenoxy) is 2. The van der Waals surface area contributed by atoms with Crippen LogP contribution in [-0.4, -0.2) is 35.0 Å². The number of aliphatic imine (C=N–C) groups is 1. The van der Waals surface area contributed by atoms with E-state index in [1.807, 2.05) is 4.98 Å². The molecule has 0 atom stereocenters. The maximum absolute atomic E-state index is 11.8.